The van der Waals surface area contributed by atoms with Gasteiger partial charge in [-0.1, -0.05) is 146 Å². The number of nitrogens with zero attached hydrogens (tertiary/aromatic N) is 5. The van der Waals surface area contributed by atoms with E-state index in [0.29, 0.717) is 38.5 Å². The van der Waals surface area contributed by atoms with Gasteiger partial charge in [0.05, 0.1) is 15.8 Å². The second-order valence-corrected chi connectivity index (χ2v) is 15.2. The number of anilines is 1. The van der Waals surface area contributed by atoms with Crippen molar-refractivity contribution < 1.29 is 14.7 Å². The Hall–Kier alpha value is -5.01. The predicted molar refractivity (Wildman–Crippen MR) is 225 cm³/mol. The SMILES string of the molecule is CCC/C=c1\c(C#N)c(O)n(N(C(C)=O)C(=O)c2ccccc2)c(=O)\c1=C/c1sc(N(CC(CC)CCCC)CC(CC)CCCC)nc1-c1ccccc1. The predicted octanol–water partition coefficient (Wildman–Crippen LogP) is 8.52. The summed E-state index contributed by atoms with van der Waals surface area (Å²) in [5.74, 6) is -1.39. The zero-order valence-electron chi connectivity index (χ0n) is 33.4. The van der Waals surface area contributed by atoms with E-state index in [1.807, 2.05) is 37.3 Å². The minimum Gasteiger partial charge on any atom is -0.492 e. The molecule has 0 saturated carbocycles. The van der Waals surface area contributed by atoms with Gasteiger partial charge in [0.2, 0.25) is 11.8 Å². The summed E-state index contributed by atoms with van der Waals surface area (Å²) in [6.45, 7) is 13.8. The molecule has 0 spiro atoms. The molecule has 2 amide bonds. The number of carbonyl (C=O) groups is 2. The zero-order valence-corrected chi connectivity index (χ0v) is 34.2. The first-order valence-corrected chi connectivity index (χ1v) is 20.8. The Morgan fingerprint density at radius 2 is 1.47 bits per heavy atom. The third-order valence-corrected chi connectivity index (χ3v) is 11.2. The highest BCUT2D eigenvalue weighted by atomic mass is 32.1. The van der Waals surface area contributed by atoms with Crippen LogP contribution in [0.3, 0.4) is 0 Å². The summed E-state index contributed by atoms with van der Waals surface area (Å²) in [6, 6.07) is 20.0. The van der Waals surface area contributed by atoms with E-state index in [9.17, 15) is 24.8 Å². The maximum absolute atomic E-state index is 14.8. The Labute approximate surface area is 330 Å². The van der Waals surface area contributed by atoms with Gasteiger partial charge in [-0.15, -0.1) is 0 Å². The number of thiazole rings is 1. The quantitative estimate of drug-likeness (QED) is 0.102. The Balaban J connectivity index is 2.07. The van der Waals surface area contributed by atoms with E-state index in [4.69, 9.17) is 4.98 Å². The molecule has 2 atom stereocenters. The lowest BCUT2D eigenvalue weighted by Crippen LogP contribution is -2.56. The largest absolute Gasteiger partial charge is 0.492 e. The highest BCUT2D eigenvalue weighted by Crippen LogP contribution is 2.35. The molecule has 9 nitrogen and oxygen atoms in total. The lowest BCUT2D eigenvalue weighted by molar-refractivity contribution is -0.117. The number of amides is 2. The summed E-state index contributed by atoms with van der Waals surface area (Å²) in [7, 11) is 0. The van der Waals surface area contributed by atoms with Gasteiger partial charge in [-0.2, -0.15) is 14.9 Å². The third-order valence-electron chi connectivity index (χ3n) is 10.1. The summed E-state index contributed by atoms with van der Waals surface area (Å²) in [4.78, 5) is 50.2. The molecule has 292 valence electrons. The van der Waals surface area contributed by atoms with Crippen molar-refractivity contribution in [3.8, 4) is 23.2 Å². The van der Waals surface area contributed by atoms with Crippen LogP contribution < -0.4 is 25.9 Å². The molecule has 4 rings (SSSR count). The van der Waals surface area contributed by atoms with Gasteiger partial charge in [0.15, 0.2) is 5.13 Å². The van der Waals surface area contributed by atoms with Crippen LogP contribution >= 0.6 is 11.3 Å². The molecular weight excluding hydrogens is 707 g/mol. The average molecular weight is 764 g/mol. The summed E-state index contributed by atoms with van der Waals surface area (Å²) in [5.41, 5.74) is 0.692. The standard InChI is InChI=1S/C45H57N5O4S/c1-7-12-21-33(10-4)30-48(31-34(11-5)22-13-8-2)45-47-41(35-23-17-15-18-24-35)40(55-45)28-38-37(27-14-9-3)39(29-46)44(54)50(43(38)53)49(32(6)51)42(52)36-25-19-16-20-26-36/h15-20,23-28,33-34,54H,7-14,21-22,30-31H2,1-6H3/b37-27-,38-28-. The summed E-state index contributed by atoms with van der Waals surface area (Å²) in [6.07, 6.45) is 13.8. The van der Waals surface area contributed by atoms with Crippen molar-refractivity contribution in [2.75, 3.05) is 23.0 Å². The van der Waals surface area contributed by atoms with Crippen molar-refractivity contribution in [3.63, 3.8) is 0 Å². The Bertz CT molecular complexity index is 2080. The van der Waals surface area contributed by atoms with Gasteiger partial charge >= 0.3 is 0 Å². The van der Waals surface area contributed by atoms with Gasteiger partial charge in [-0.05, 0) is 49.3 Å². The second-order valence-electron chi connectivity index (χ2n) is 14.2. The van der Waals surface area contributed by atoms with Gasteiger partial charge in [-0.3, -0.25) is 14.4 Å². The number of unbranched alkanes of at least 4 members (excludes halogenated alkanes) is 3. The minimum absolute atomic E-state index is 0.0811. The summed E-state index contributed by atoms with van der Waals surface area (Å²) < 4.78 is 0.640. The molecular formula is C45H57N5O4S. The van der Waals surface area contributed by atoms with E-state index in [0.717, 1.165) is 75.7 Å². The molecule has 0 aliphatic rings. The van der Waals surface area contributed by atoms with E-state index < -0.39 is 23.3 Å². The Morgan fingerprint density at radius 3 is 1.98 bits per heavy atom. The molecule has 10 heteroatoms. The molecule has 1 N–H and O–H groups in total. The van der Waals surface area contributed by atoms with Crippen LogP contribution in [0.1, 0.15) is 127 Å². The number of nitriles is 1. The first kappa shape index (κ1) is 42.7. The zero-order chi connectivity index (χ0) is 39.9. The number of hydrogen-bond acceptors (Lipinski definition) is 8. The molecule has 2 heterocycles. The number of pyridine rings is 1. The molecule has 0 aliphatic heterocycles. The van der Waals surface area contributed by atoms with Crippen LogP contribution in [-0.2, 0) is 4.79 Å². The number of aromatic nitrogens is 2. The number of rotatable bonds is 19. The van der Waals surface area contributed by atoms with E-state index in [1.165, 1.54) is 36.3 Å². The van der Waals surface area contributed by atoms with Crippen LogP contribution in [0.4, 0.5) is 5.13 Å². The monoisotopic (exact) mass is 763 g/mol. The number of imide groups is 1. The van der Waals surface area contributed by atoms with Gasteiger partial charge in [0.25, 0.3) is 11.5 Å². The van der Waals surface area contributed by atoms with Crippen molar-refractivity contribution in [2.24, 2.45) is 11.8 Å². The van der Waals surface area contributed by atoms with Crippen molar-refractivity contribution >= 4 is 40.4 Å². The van der Waals surface area contributed by atoms with Gasteiger partial charge in [0.1, 0.15) is 11.6 Å². The maximum Gasteiger partial charge on any atom is 0.280 e. The molecule has 4 aromatic rings. The third kappa shape index (κ3) is 10.6. The normalized spacial score (nSPS) is 13.0. The van der Waals surface area contributed by atoms with Crippen molar-refractivity contribution in [3.05, 3.63) is 97.5 Å². The highest BCUT2D eigenvalue weighted by molar-refractivity contribution is 7.16. The Kier molecular flexibility index (Phi) is 16.5. The van der Waals surface area contributed by atoms with E-state index >= 15 is 0 Å². The van der Waals surface area contributed by atoms with E-state index in [-0.39, 0.29) is 21.6 Å². The van der Waals surface area contributed by atoms with Crippen LogP contribution in [0.15, 0.2) is 65.5 Å². The maximum atomic E-state index is 14.8. The molecule has 2 aromatic carbocycles. The molecule has 0 bridgehead atoms. The van der Waals surface area contributed by atoms with E-state index in [2.05, 4.69) is 38.7 Å². The number of carbonyl (C=O) groups excluding carboxylic acids is 2. The van der Waals surface area contributed by atoms with Crippen LogP contribution in [0.25, 0.3) is 23.4 Å². The molecule has 2 aromatic heterocycles. The first-order chi connectivity index (χ1) is 26.6. The van der Waals surface area contributed by atoms with Gasteiger partial charge in [-0.25, -0.2) is 4.98 Å². The fraction of sp³-hybridized carbons (Fsp3) is 0.444. The molecule has 0 fully saturated rings. The van der Waals surface area contributed by atoms with Crippen LogP contribution in [-0.4, -0.2) is 39.7 Å². The fourth-order valence-electron chi connectivity index (χ4n) is 6.88. The van der Waals surface area contributed by atoms with Crippen LogP contribution in [0, 0.1) is 23.2 Å². The van der Waals surface area contributed by atoms with Gasteiger partial charge < -0.3 is 10.0 Å². The number of hydrogen-bond donors (Lipinski definition) is 1. The first-order valence-electron chi connectivity index (χ1n) is 19.9. The molecule has 0 saturated heterocycles. The minimum atomic E-state index is -0.812. The van der Waals surface area contributed by atoms with E-state index in [1.54, 1.807) is 30.4 Å². The lowest BCUT2D eigenvalue weighted by Gasteiger charge is -2.30. The molecule has 0 radical (unpaired) electrons. The van der Waals surface area contributed by atoms with Crippen molar-refractivity contribution in [1.82, 2.24) is 9.66 Å². The van der Waals surface area contributed by atoms with Crippen molar-refractivity contribution in [1.29, 1.82) is 5.26 Å². The fourth-order valence-corrected chi connectivity index (χ4v) is 7.92. The van der Waals surface area contributed by atoms with Crippen LogP contribution in [0.5, 0.6) is 5.88 Å². The summed E-state index contributed by atoms with van der Waals surface area (Å²) >= 11 is 1.50. The summed E-state index contributed by atoms with van der Waals surface area (Å²) in [5, 5.41) is 23.8. The topological polar surface area (TPSA) is 120 Å². The van der Waals surface area contributed by atoms with Gasteiger partial charge in [0, 0.05) is 36.4 Å². The van der Waals surface area contributed by atoms with Crippen LogP contribution in [0.2, 0.25) is 0 Å². The van der Waals surface area contributed by atoms with Crippen molar-refractivity contribution in [2.45, 2.75) is 106 Å². The highest BCUT2D eigenvalue weighted by Gasteiger charge is 2.29. The molecule has 0 aliphatic carbocycles. The molecule has 55 heavy (non-hydrogen) atoms. The average Bonchev–Trinajstić information content (AvgIpc) is 3.63. The number of aromatic hydroxyl groups is 1. The number of benzene rings is 2. The lowest BCUT2D eigenvalue weighted by atomic mass is 9.96. The molecule has 2 unspecified atom stereocenters. The smallest absolute Gasteiger partial charge is 0.280 e. The Morgan fingerprint density at radius 1 is 0.891 bits per heavy atom. The second kappa shape index (κ2) is 21.2.